The van der Waals surface area contributed by atoms with Gasteiger partial charge in [-0.25, -0.2) is 0 Å². The molecule has 0 amide bonds. The molecule has 0 aromatic heterocycles. The highest BCUT2D eigenvalue weighted by Gasteiger charge is 2.68. The number of piperazine rings is 1. The number of fused-ring (bicyclic) bond motifs is 5. The number of hydrogen-bond donors (Lipinski definition) is 1. The van der Waals surface area contributed by atoms with Crippen LogP contribution in [0.2, 0.25) is 0 Å². The van der Waals surface area contributed by atoms with E-state index in [0.29, 0.717) is 5.54 Å². The average molecular weight is 274 g/mol. The van der Waals surface area contributed by atoms with Crippen molar-refractivity contribution < 1.29 is 0 Å². The molecule has 112 valence electrons. The van der Waals surface area contributed by atoms with Crippen LogP contribution in [0.5, 0.6) is 0 Å². The van der Waals surface area contributed by atoms with Crippen LogP contribution in [0.3, 0.4) is 0 Å². The molecule has 20 heavy (non-hydrogen) atoms. The van der Waals surface area contributed by atoms with Crippen LogP contribution in [0.4, 0.5) is 0 Å². The van der Waals surface area contributed by atoms with Crippen LogP contribution in [0.1, 0.15) is 52.4 Å². The summed E-state index contributed by atoms with van der Waals surface area (Å²) in [4.78, 5) is 2.99. The Bertz CT molecular complexity index is 402. The van der Waals surface area contributed by atoms with Crippen molar-refractivity contribution in [2.24, 2.45) is 29.6 Å². The van der Waals surface area contributed by atoms with Crippen LogP contribution in [-0.4, -0.2) is 35.6 Å². The molecule has 0 radical (unpaired) electrons. The maximum Gasteiger partial charge on any atom is 0.0309 e. The molecule has 2 nitrogen and oxygen atoms in total. The van der Waals surface area contributed by atoms with Crippen molar-refractivity contribution in [3.8, 4) is 0 Å². The zero-order chi connectivity index (χ0) is 13.5. The Balaban J connectivity index is 1.37. The highest BCUT2D eigenvalue weighted by molar-refractivity contribution is 5.20. The van der Waals surface area contributed by atoms with Gasteiger partial charge in [0.05, 0.1) is 0 Å². The van der Waals surface area contributed by atoms with E-state index in [9.17, 15) is 0 Å². The lowest BCUT2D eigenvalue weighted by molar-refractivity contribution is 0.0521. The second-order valence-electron chi connectivity index (χ2n) is 8.79. The van der Waals surface area contributed by atoms with Gasteiger partial charge in [0.15, 0.2) is 0 Å². The van der Waals surface area contributed by atoms with Gasteiger partial charge in [0.1, 0.15) is 0 Å². The van der Waals surface area contributed by atoms with Crippen molar-refractivity contribution in [1.29, 1.82) is 0 Å². The first kappa shape index (κ1) is 12.5. The lowest BCUT2D eigenvalue weighted by Crippen LogP contribution is -2.64. The van der Waals surface area contributed by atoms with Crippen molar-refractivity contribution in [2.45, 2.75) is 70.0 Å². The molecule has 2 bridgehead atoms. The molecule has 6 atom stereocenters. The summed E-state index contributed by atoms with van der Waals surface area (Å²) in [5.41, 5.74) is 0.432. The van der Waals surface area contributed by atoms with Crippen molar-refractivity contribution in [3.63, 3.8) is 0 Å². The summed E-state index contributed by atoms with van der Waals surface area (Å²) < 4.78 is 0. The van der Waals surface area contributed by atoms with Crippen LogP contribution in [0.25, 0.3) is 0 Å². The zero-order valence-electron chi connectivity index (χ0n) is 13.1. The van der Waals surface area contributed by atoms with Crippen LogP contribution in [-0.2, 0) is 0 Å². The molecule has 6 unspecified atom stereocenters. The fourth-order valence-electron chi connectivity index (χ4n) is 6.48. The average Bonchev–Trinajstić information content (AvgIpc) is 3.37. The van der Waals surface area contributed by atoms with E-state index in [4.69, 9.17) is 0 Å². The van der Waals surface area contributed by atoms with E-state index in [1.165, 1.54) is 32.4 Å². The third-order valence-electron chi connectivity index (χ3n) is 7.75. The van der Waals surface area contributed by atoms with Gasteiger partial charge in [0.25, 0.3) is 0 Å². The molecule has 2 heteroatoms. The lowest BCUT2D eigenvalue weighted by Gasteiger charge is -2.47. The quantitative estimate of drug-likeness (QED) is 0.851. The Morgan fingerprint density at radius 3 is 2.40 bits per heavy atom. The van der Waals surface area contributed by atoms with Crippen LogP contribution in [0.15, 0.2) is 0 Å². The third kappa shape index (κ3) is 1.58. The second kappa shape index (κ2) is 4.01. The lowest BCUT2D eigenvalue weighted by atomic mass is 9.89. The molecule has 4 saturated carbocycles. The van der Waals surface area contributed by atoms with Gasteiger partial charge in [0, 0.05) is 30.7 Å². The smallest absolute Gasteiger partial charge is 0.0309 e. The Morgan fingerprint density at radius 2 is 1.80 bits per heavy atom. The Morgan fingerprint density at radius 1 is 1.10 bits per heavy atom. The van der Waals surface area contributed by atoms with E-state index in [1.807, 2.05) is 0 Å². The summed E-state index contributed by atoms with van der Waals surface area (Å²) >= 11 is 0. The first-order valence-corrected chi connectivity index (χ1v) is 9.22. The SMILES string of the molecule is CCC1CNC(C)(C2CC2)CN1C1C2C3CCC(C3)C21. The minimum atomic E-state index is 0.432. The number of hydrogen-bond acceptors (Lipinski definition) is 2. The van der Waals surface area contributed by atoms with Crippen molar-refractivity contribution in [1.82, 2.24) is 10.2 Å². The fraction of sp³-hybridized carbons (Fsp3) is 1.00. The van der Waals surface area contributed by atoms with Crippen molar-refractivity contribution >= 4 is 0 Å². The van der Waals surface area contributed by atoms with Gasteiger partial charge in [-0.15, -0.1) is 0 Å². The minimum Gasteiger partial charge on any atom is -0.308 e. The highest BCUT2D eigenvalue weighted by atomic mass is 15.3. The largest absolute Gasteiger partial charge is 0.308 e. The molecule has 5 fully saturated rings. The summed E-state index contributed by atoms with van der Waals surface area (Å²) in [6.07, 6.45) is 8.98. The van der Waals surface area contributed by atoms with Gasteiger partial charge in [-0.3, -0.25) is 4.90 Å². The number of nitrogens with one attached hydrogen (secondary N) is 1. The van der Waals surface area contributed by atoms with E-state index in [-0.39, 0.29) is 0 Å². The zero-order valence-corrected chi connectivity index (χ0v) is 13.1. The molecule has 0 spiro atoms. The summed E-state index contributed by atoms with van der Waals surface area (Å²) in [6, 6.07) is 1.81. The van der Waals surface area contributed by atoms with E-state index in [2.05, 4.69) is 24.1 Å². The van der Waals surface area contributed by atoms with Gasteiger partial charge < -0.3 is 5.32 Å². The monoisotopic (exact) mass is 274 g/mol. The van der Waals surface area contributed by atoms with Crippen molar-refractivity contribution in [2.75, 3.05) is 13.1 Å². The first-order chi connectivity index (χ1) is 9.71. The number of rotatable bonds is 3. The van der Waals surface area contributed by atoms with Gasteiger partial charge in [-0.2, -0.15) is 0 Å². The summed E-state index contributed by atoms with van der Waals surface area (Å²) in [6.45, 7) is 7.49. The molecule has 0 aromatic rings. The summed E-state index contributed by atoms with van der Waals surface area (Å²) in [7, 11) is 0. The van der Waals surface area contributed by atoms with Crippen molar-refractivity contribution in [3.05, 3.63) is 0 Å². The Hall–Kier alpha value is -0.0800. The highest BCUT2D eigenvalue weighted by Crippen LogP contribution is 2.67. The minimum absolute atomic E-state index is 0.432. The molecule has 0 aromatic carbocycles. The van der Waals surface area contributed by atoms with Gasteiger partial charge in [-0.05, 0) is 75.0 Å². The maximum atomic E-state index is 3.93. The van der Waals surface area contributed by atoms with Crippen LogP contribution in [0, 0.1) is 29.6 Å². The molecule has 1 aliphatic heterocycles. The molecular formula is C18H30N2. The standard InChI is InChI=1S/C18H30N2/c1-3-14-9-19-18(2,13-6-7-13)10-20(14)17-15-11-4-5-12(8-11)16(15)17/h11-17,19H,3-10H2,1-2H3. The summed E-state index contributed by atoms with van der Waals surface area (Å²) in [5.74, 6) is 5.44. The van der Waals surface area contributed by atoms with E-state index in [0.717, 1.165) is 41.7 Å². The second-order valence-corrected chi connectivity index (χ2v) is 8.79. The molecule has 1 N–H and O–H groups in total. The van der Waals surface area contributed by atoms with E-state index >= 15 is 0 Å². The van der Waals surface area contributed by atoms with Gasteiger partial charge in [0.2, 0.25) is 0 Å². The summed E-state index contributed by atoms with van der Waals surface area (Å²) in [5, 5.41) is 3.93. The van der Waals surface area contributed by atoms with Crippen LogP contribution >= 0.6 is 0 Å². The first-order valence-electron chi connectivity index (χ1n) is 9.22. The molecule has 4 aliphatic carbocycles. The molecule has 5 aliphatic rings. The maximum absolute atomic E-state index is 3.93. The van der Waals surface area contributed by atoms with Crippen LogP contribution < -0.4 is 5.32 Å². The Labute approximate surface area is 123 Å². The molecule has 1 heterocycles. The Kier molecular flexibility index (Phi) is 2.50. The van der Waals surface area contributed by atoms with E-state index < -0.39 is 0 Å². The predicted octanol–water partition coefficient (Wildman–Crippen LogP) is 2.88. The molecule has 5 rings (SSSR count). The predicted molar refractivity (Wildman–Crippen MR) is 81.5 cm³/mol. The van der Waals surface area contributed by atoms with Gasteiger partial charge >= 0.3 is 0 Å². The number of nitrogens with zero attached hydrogens (tertiary/aromatic N) is 1. The molecular weight excluding hydrogens is 244 g/mol. The van der Waals surface area contributed by atoms with E-state index in [1.54, 1.807) is 19.3 Å². The normalized spacial score (nSPS) is 57.9. The third-order valence-corrected chi connectivity index (χ3v) is 7.75. The molecule has 1 saturated heterocycles. The van der Waals surface area contributed by atoms with Gasteiger partial charge in [-0.1, -0.05) is 6.92 Å². The fourth-order valence-corrected chi connectivity index (χ4v) is 6.48. The topological polar surface area (TPSA) is 15.3 Å².